The third-order valence-corrected chi connectivity index (χ3v) is 2.56. The number of rotatable bonds is 4. The van der Waals surface area contributed by atoms with E-state index in [0.29, 0.717) is 24.2 Å². The highest BCUT2D eigenvalue weighted by atomic mass is 19.1. The minimum Gasteiger partial charge on any atom is -0.383 e. The van der Waals surface area contributed by atoms with Gasteiger partial charge in [-0.2, -0.15) is 5.26 Å². The molecule has 0 aliphatic rings. The molecule has 18 heavy (non-hydrogen) atoms. The second-order valence-electron chi connectivity index (χ2n) is 3.81. The zero-order chi connectivity index (χ0) is 12.8. The minimum atomic E-state index is -0.183. The fourth-order valence-corrected chi connectivity index (χ4v) is 1.61. The molecule has 3 nitrogen and oxygen atoms in total. The molecule has 0 unspecified atom stereocenters. The lowest BCUT2D eigenvalue weighted by molar-refractivity contribution is 0.610. The molecule has 90 valence electrons. The van der Waals surface area contributed by atoms with Crippen LogP contribution in [0.15, 0.2) is 42.6 Å². The first-order valence-electron chi connectivity index (χ1n) is 5.63. The Morgan fingerprint density at radius 2 is 2.06 bits per heavy atom. The Hall–Kier alpha value is -2.41. The van der Waals surface area contributed by atoms with Crippen molar-refractivity contribution in [2.45, 2.75) is 6.42 Å². The van der Waals surface area contributed by atoms with E-state index in [9.17, 15) is 4.39 Å². The van der Waals surface area contributed by atoms with Crippen LogP contribution in [0.3, 0.4) is 0 Å². The van der Waals surface area contributed by atoms with Crippen molar-refractivity contribution >= 4 is 5.69 Å². The standard InChI is InChI=1S/C14H12FN3/c15-14-4-2-1-3-11(14)7-8-17-13-6-5-12(9-16)18-10-13/h1-6,10,17H,7-8H2. The van der Waals surface area contributed by atoms with Crippen molar-refractivity contribution in [2.75, 3.05) is 11.9 Å². The van der Waals surface area contributed by atoms with Gasteiger partial charge >= 0.3 is 0 Å². The topological polar surface area (TPSA) is 48.7 Å². The summed E-state index contributed by atoms with van der Waals surface area (Å²) in [5.41, 5.74) is 1.89. The van der Waals surface area contributed by atoms with E-state index in [-0.39, 0.29) is 5.82 Å². The van der Waals surface area contributed by atoms with Gasteiger partial charge in [-0.3, -0.25) is 0 Å². The third-order valence-electron chi connectivity index (χ3n) is 2.56. The summed E-state index contributed by atoms with van der Waals surface area (Å²) in [5.74, 6) is -0.183. The highest BCUT2D eigenvalue weighted by Crippen LogP contribution is 2.09. The summed E-state index contributed by atoms with van der Waals surface area (Å²) in [4.78, 5) is 3.94. The lowest BCUT2D eigenvalue weighted by Crippen LogP contribution is -2.06. The molecule has 4 heteroatoms. The maximum absolute atomic E-state index is 13.3. The lowest BCUT2D eigenvalue weighted by Gasteiger charge is -2.06. The molecule has 1 aromatic carbocycles. The van der Waals surface area contributed by atoms with Gasteiger partial charge in [0.2, 0.25) is 0 Å². The largest absolute Gasteiger partial charge is 0.383 e. The summed E-state index contributed by atoms with van der Waals surface area (Å²) >= 11 is 0. The van der Waals surface area contributed by atoms with Gasteiger partial charge < -0.3 is 5.32 Å². The number of nitrogens with one attached hydrogen (secondary N) is 1. The minimum absolute atomic E-state index is 0.183. The van der Waals surface area contributed by atoms with Crippen molar-refractivity contribution < 1.29 is 4.39 Å². The Labute approximate surface area is 105 Å². The van der Waals surface area contributed by atoms with Gasteiger partial charge in [0.1, 0.15) is 17.6 Å². The van der Waals surface area contributed by atoms with E-state index in [0.717, 1.165) is 5.69 Å². The molecule has 1 N–H and O–H groups in total. The summed E-state index contributed by atoms with van der Waals surface area (Å²) in [6.45, 7) is 0.620. The number of halogens is 1. The first-order chi connectivity index (χ1) is 8.79. The maximum atomic E-state index is 13.3. The summed E-state index contributed by atoms with van der Waals surface area (Å²) in [7, 11) is 0. The molecule has 0 aliphatic heterocycles. The normalized spacial score (nSPS) is 9.78. The predicted octanol–water partition coefficient (Wildman–Crippen LogP) is 2.75. The summed E-state index contributed by atoms with van der Waals surface area (Å²) in [6, 6.07) is 12.1. The van der Waals surface area contributed by atoms with Gasteiger partial charge in [0.05, 0.1) is 11.9 Å². The molecule has 1 aromatic heterocycles. The van der Waals surface area contributed by atoms with Crippen LogP contribution in [0.4, 0.5) is 10.1 Å². The van der Waals surface area contributed by atoms with Crippen LogP contribution in [0.1, 0.15) is 11.3 Å². The van der Waals surface area contributed by atoms with E-state index in [1.807, 2.05) is 12.1 Å². The van der Waals surface area contributed by atoms with Crippen molar-refractivity contribution in [3.8, 4) is 6.07 Å². The van der Waals surface area contributed by atoms with Gasteiger partial charge in [-0.25, -0.2) is 9.37 Å². The molecule has 2 rings (SSSR count). The van der Waals surface area contributed by atoms with Gasteiger partial charge in [0.15, 0.2) is 0 Å². The monoisotopic (exact) mass is 241 g/mol. The number of pyridine rings is 1. The van der Waals surface area contributed by atoms with E-state index < -0.39 is 0 Å². The fraction of sp³-hybridized carbons (Fsp3) is 0.143. The van der Waals surface area contributed by atoms with Crippen molar-refractivity contribution in [3.05, 3.63) is 59.7 Å². The van der Waals surface area contributed by atoms with Crippen molar-refractivity contribution in [3.63, 3.8) is 0 Å². The fourth-order valence-electron chi connectivity index (χ4n) is 1.61. The number of nitrogens with zero attached hydrogens (tertiary/aromatic N) is 2. The van der Waals surface area contributed by atoms with Crippen LogP contribution in [-0.4, -0.2) is 11.5 Å². The molecule has 0 atom stereocenters. The number of benzene rings is 1. The second-order valence-corrected chi connectivity index (χ2v) is 3.81. The van der Waals surface area contributed by atoms with Crippen LogP contribution in [0.25, 0.3) is 0 Å². The van der Waals surface area contributed by atoms with Crippen LogP contribution in [-0.2, 0) is 6.42 Å². The molecule has 0 saturated carbocycles. The average Bonchev–Trinajstić information content (AvgIpc) is 2.42. The second kappa shape index (κ2) is 5.78. The van der Waals surface area contributed by atoms with Crippen molar-refractivity contribution in [1.82, 2.24) is 4.98 Å². The number of hydrogen-bond donors (Lipinski definition) is 1. The molecule has 0 bridgehead atoms. The molecule has 0 fully saturated rings. The zero-order valence-electron chi connectivity index (χ0n) is 9.73. The van der Waals surface area contributed by atoms with Crippen LogP contribution in [0.2, 0.25) is 0 Å². The molecular formula is C14H12FN3. The maximum Gasteiger partial charge on any atom is 0.140 e. The van der Waals surface area contributed by atoms with E-state index in [2.05, 4.69) is 10.3 Å². The molecular weight excluding hydrogens is 229 g/mol. The molecule has 0 spiro atoms. The highest BCUT2D eigenvalue weighted by molar-refractivity contribution is 5.42. The van der Waals surface area contributed by atoms with E-state index in [4.69, 9.17) is 5.26 Å². The van der Waals surface area contributed by atoms with Gasteiger partial charge in [0.25, 0.3) is 0 Å². The van der Waals surface area contributed by atoms with Gasteiger partial charge in [-0.05, 0) is 30.2 Å². The summed E-state index contributed by atoms with van der Waals surface area (Å²) in [5, 5.41) is 11.7. The predicted molar refractivity (Wildman–Crippen MR) is 67.5 cm³/mol. The molecule has 0 radical (unpaired) electrons. The lowest BCUT2D eigenvalue weighted by atomic mass is 10.1. The van der Waals surface area contributed by atoms with Crippen molar-refractivity contribution in [2.24, 2.45) is 0 Å². The van der Waals surface area contributed by atoms with Crippen LogP contribution >= 0.6 is 0 Å². The molecule has 0 saturated heterocycles. The van der Waals surface area contributed by atoms with E-state index >= 15 is 0 Å². The van der Waals surface area contributed by atoms with Gasteiger partial charge in [-0.15, -0.1) is 0 Å². The Balaban J connectivity index is 1.89. The number of aromatic nitrogens is 1. The number of hydrogen-bond acceptors (Lipinski definition) is 3. The quantitative estimate of drug-likeness (QED) is 0.895. The number of anilines is 1. The van der Waals surface area contributed by atoms with Crippen LogP contribution < -0.4 is 5.32 Å². The molecule has 1 heterocycles. The van der Waals surface area contributed by atoms with Crippen molar-refractivity contribution in [1.29, 1.82) is 5.26 Å². The first-order valence-corrected chi connectivity index (χ1v) is 5.63. The summed E-state index contributed by atoms with van der Waals surface area (Å²) in [6.07, 6.45) is 2.20. The SMILES string of the molecule is N#Cc1ccc(NCCc2ccccc2F)cn1. The molecule has 2 aromatic rings. The van der Waals surface area contributed by atoms with Crippen LogP contribution in [0.5, 0.6) is 0 Å². The Bertz CT molecular complexity index is 558. The van der Waals surface area contributed by atoms with Gasteiger partial charge in [0, 0.05) is 6.54 Å². The van der Waals surface area contributed by atoms with Gasteiger partial charge in [-0.1, -0.05) is 18.2 Å². The zero-order valence-corrected chi connectivity index (χ0v) is 9.73. The first kappa shape index (κ1) is 12.1. The Morgan fingerprint density at radius 1 is 1.22 bits per heavy atom. The molecule has 0 aliphatic carbocycles. The van der Waals surface area contributed by atoms with E-state index in [1.165, 1.54) is 6.07 Å². The summed E-state index contributed by atoms with van der Waals surface area (Å²) < 4.78 is 13.3. The third kappa shape index (κ3) is 3.05. The Morgan fingerprint density at radius 3 is 2.72 bits per heavy atom. The number of nitriles is 1. The molecule has 0 amide bonds. The average molecular weight is 241 g/mol. The smallest absolute Gasteiger partial charge is 0.140 e. The van der Waals surface area contributed by atoms with Crippen LogP contribution in [0, 0.1) is 17.1 Å². The Kier molecular flexibility index (Phi) is 3.87. The van der Waals surface area contributed by atoms with E-state index in [1.54, 1.807) is 30.5 Å². The highest BCUT2D eigenvalue weighted by Gasteiger charge is 2.00.